The van der Waals surface area contributed by atoms with Gasteiger partial charge in [-0.25, -0.2) is 0 Å². The second kappa shape index (κ2) is 10.5. The van der Waals surface area contributed by atoms with E-state index in [-0.39, 0.29) is 28.4 Å². The number of fused-ring (bicyclic) bond motifs is 2. The first kappa shape index (κ1) is 25.3. The molecule has 0 aliphatic rings. The third-order valence-electron chi connectivity index (χ3n) is 6.44. The Kier molecular flexibility index (Phi) is 6.84. The lowest BCUT2D eigenvalue weighted by Crippen LogP contribution is -2.20. The number of nitrogens with two attached hydrogens (primary N) is 1. The number of anilines is 2. The summed E-state index contributed by atoms with van der Waals surface area (Å²) in [5, 5.41) is 9.13. The van der Waals surface area contributed by atoms with Crippen LogP contribution in [0.4, 0.5) is 11.4 Å². The van der Waals surface area contributed by atoms with Crippen LogP contribution in [0.15, 0.2) is 91.0 Å². The molecule has 0 atom stereocenters. The van der Waals surface area contributed by atoms with Gasteiger partial charge in [-0.2, -0.15) is 0 Å². The molecule has 0 unspecified atom stereocenters. The molecule has 0 radical (unpaired) electrons. The van der Waals surface area contributed by atoms with Crippen LogP contribution in [0.25, 0.3) is 21.5 Å². The summed E-state index contributed by atoms with van der Waals surface area (Å²) in [6, 6.07) is 27.2. The standard InChI is InChI=1S/C31H25N3O5/c1-38-27-24(29(32)35)17-25(33-31(37)23-13-7-11-19-9-5-6-12-22(19)23)28(39-2)26(27)34-30(36)21-15-14-18-8-3-4-10-20(18)16-21/h3-17H,1-2H3,(H2,32,35)(H,33,37)(H,34,36). The first-order valence-corrected chi connectivity index (χ1v) is 12.1. The van der Waals surface area contributed by atoms with E-state index in [4.69, 9.17) is 15.2 Å². The van der Waals surface area contributed by atoms with Crippen LogP contribution in [-0.2, 0) is 0 Å². The van der Waals surface area contributed by atoms with Crippen molar-refractivity contribution in [2.24, 2.45) is 5.73 Å². The molecular weight excluding hydrogens is 494 g/mol. The number of carbonyl (C=O) groups excluding carboxylic acids is 3. The first-order valence-electron chi connectivity index (χ1n) is 12.1. The number of rotatable bonds is 7. The van der Waals surface area contributed by atoms with Crippen molar-refractivity contribution in [3.8, 4) is 11.5 Å². The molecule has 194 valence electrons. The smallest absolute Gasteiger partial charge is 0.256 e. The Bertz CT molecular complexity index is 1760. The lowest BCUT2D eigenvalue weighted by molar-refractivity contribution is 0.0991. The molecule has 8 heteroatoms. The summed E-state index contributed by atoms with van der Waals surface area (Å²) in [6.07, 6.45) is 0. The third kappa shape index (κ3) is 4.83. The van der Waals surface area contributed by atoms with E-state index < -0.39 is 17.7 Å². The molecule has 0 aliphatic heterocycles. The number of ether oxygens (including phenoxy) is 2. The van der Waals surface area contributed by atoms with Crippen LogP contribution >= 0.6 is 0 Å². The maximum absolute atomic E-state index is 13.4. The van der Waals surface area contributed by atoms with E-state index in [1.165, 1.54) is 20.3 Å². The first-order chi connectivity index (χ1) is 18.9. The number of benzene rings is 5. The van der Waals surface area contributed by atoms with Gasteiger partial charge in [0.2, 0.25) is 0 Å². The molecule has 0 saturated carbocycles. The quantitative estimate of drug-likeness (QED) is 0.258. The van der Waals surface area contributed by atoms with Crippen molar-refractivity contribution in [1.29, 1.82) is 0 Å². The summed E-state index contributed by atoms with van der Waals surface area (Å²) in [5.74, 6) is -1.60. The zero-order valence-electron chi connectivity index (χ0n) is 21.3. The van der Waals surface area contributed by atoms with Crippen LogP contribution in [0, 0.1) is 0 Å². The molecule has 5 aromatic rings. The molecule has 0 aromatic heterocycles. The van der Waals surface area contributed by atoms with Crippen LogP contribution in [0.3, 0.4) is 0 Å². The highest BCUT2D eigenvalue weighted by Gasteiger charge is 2.26. The monoisotopic (exact) mass is 519 g/mol. The van der Waals surface area contributed by atoms with E-state index in [0.29, 0.717) is 11.1 Å². The van der Waals surface area contributed by atoms with Crippen LogP contribution in [0.1, 0.15) is 31.1 Å². The molecule has 8 nitrogen and oxygen atoms in total. The maximum atomic E-state index is 13.4. The highest BCUT2D eigenvalue weighted by Crippen LogP contribution is 2.44. The molecule has 0 spiro atoms. The van der Waals surface area contributed by atoms with E-state index in [2.05, 4.69) is 10.6 Å². The Morgan fingerprint density at radius 2 is 1.31 bits per heavy atom. The summed E-state index contributed by atoms with van der Waals surface area (Å²) in [7, 11) is 2.74. The molecule has 4 N–H and O–H groups in total. The Labute approximate surface area is 224 Å². The van der Waals surface area contributed by atoms with Gasteiger partial charge in [-0.15, -0.1) is 0 Å². The molecule has 5 aromatic carbocycles. The van der Waals surface area contributed by atoms with Crippen LogP contribution < -0.4 is 25.8 Å². The van der Waals surface area contributed by atoms with Gasteiger partial charge in [-0.05, 0) is 45.8 Å². The predicted molar refractivity (Wildman–Crippen MR) is 152 cm³/mol. The van der Waals surface area contributed by atoms with Crippen molar-refractivity contribution in [2.75, 3.05) is 24.9 Å². The number of carbonyl (C=O) groups is 3. The zero-order chi connectivity index (χ0) is 27.5. The minimum atomic E-state index is -0.809. The number of primary amides is 1. The van der Waals surface area contributed by atoms with E-state index in [1.54, 1.807) is 24.3 Å². The SMILES string of the molecule is COc1c(NC(=O)c2cccc3ccccc23)cc(C(N)=O)c(OC)c1NC(=O)c1ccc2ccccc2c1. The molecule has 0 aliphatic carbocycles. The van der Waals surface area contributed by atoms with Crippen molar-refractivity contribution < 1.29 is 23.9 Å². The van der Waals surface area contributed by atoms with Gasteiger partial charge >= 0.3 is 0 Å². The predicted octanol–water partition coefficient (Wildman–Crippen LogP) is 5.61. The van der Waals surface area contributed by atoms with Gasteiger partial charge in [0.05, 0.1) is 25.5 Å². The van der Waals surface area contributed by atoms with Gasteiger partial charge in [-0.1, -0.05) is 66.7 Å². The molecule has 0 bridgehead atoms. The van der Waals surface area contributed by atoms with Crippen molar-refractivity contribution >= 4 is 50.6 Å². The average Bonchev–Trinajstić information content (AvgIpc) is 2.96. The molecule has 39 heavy (non-hydrogen) atoms. The van der Waals surface area contributed by atoms with E-state index in [1.807, 2.05) is 60.7 Å². The fourth-order valence-corrected chi connectivity index (χ4v) is 4.59. The van der Waals surface area contributed by atoms with E-state index >= 15 is 0 Å². The van der Waals surface area contributed by atoms with E-state index in [0.717, 1.165) is 21.5 Å². The number of hydrogen-bond acceptors (Lipinski definition) is 5. The Morgan fingerprint density at radius 3 is 2.03 bits per heavy atom. The van der Waals surface area contributed by atoms with Gasteiger partial charge in [0.15, 0.2) is 11.5 Å². The Hall–Kier alpha value is -5.37. The summed E-state index contributed by atoms with van der Waals surface area (Å²) in [6.45, 7) is 0. The van der Waals surface area contributed by atoms with Crippen molar-refractivity contribution in [2.45, 2.75) is 0 Å². The maximum Gasteiger partial charge on any atom is 0.256 e. The zero-order valence-corrected chi connectivity index (χ0v) is 21.3. The summed E-state index contributed by atoms with van der Waals surface area (Å²) >= 11 is 0. The van der Waals surface area contributed by atoms with Gasteiger partial charge in [-0.3, -0.25) is 14.4 Å². The van der Waals surface area contributed by atoms with Crippen molar-refractivity contribution in [3.05, 3.63) is 108 Å². The highest BCUT2D eigenvalue weighted by atomic mass is 16.5. The number of amides is 3. The van der Waals surface area contributed by atoms with Crippen LogP contribution in [0.5, 0.6) is 11.5 Å². The lowest BCUT2D eigenvalue weighted by Gasteiger charge is -2.20. The number of hydrogen-bond donors (Lipinski definition) is 3. The Morgan fingerprint density at radius 1 is 0.641 bits per heavy atom. The summed E-state index contributed by atoms with van der Waals surface area (Å²) in [5.41, 5.74) is 6.61. The van der Waals surface area contributed by atoms with Crippen molar-refractivity contribution in [3.63, 3.8) is 0 Å². The fraction of sp³-hybridized carbons (Fsp3) is 0.0645. The third-order valence-corrected chi connectivity index (χ3v) is 6.44. The van der Waals surface area contributed by atoms with Crippen LogP contribution in [-0.4, -0.2) is 31.9 Å². The minimum Gasteiger partial charge on any atom is -0.494 e. The lowest BCUT2D eigenvalue weighted by atomic mass is 10.0. The summed E-state index contributed by atoms with van der Waals surface area (Å²) < 4.78 is 11.1. The topological polar surface area (TPSA) is 120 Å². The molecule has 0 heterocycles. The molecular formula is C31H25N3O5. The largest absolute Gasteiger partial charge is 0.494 e. The van der Waals surface area contributed by atoms with Gasteiger partial charge in [0.1, 0.15) is 5.69 Å². The second-order valence-corrected chi connectivity index (χ2v) is 8.77. The van der Waals surface area contributed by atoms with Gasteiger partial charge < -0.3 is 25.8 Å². The van der Waals surface area contributed by atoms with Gasteiger partial charge in [0, 0.05) is 11.1 Å². The highest BCUT2D eigenvalue weighted by molar-refractivity contribution is 6.15. The fourth-order valence-electron chi connectivity index (χ4n) is 4.59. The number of nitrogens with one attached hydrogen (secondary N) is 2. The Balaban J connectivity index is 1.58. The minimum absolute atomic E-state index is 0.0108. The average molecular weight is 520 g/mol. The second-order valence-electron chi connectivity index (χ2n) is 8.77. The van der Waals surface area contributed by atoms with Crippen molar-refractivity contribution in [1.82, 2.24) is 0 Å². The normalized spacial score (nSPS) is 10.7. The molecule has 5 rings (SSSR count). The molecule has 0 fully saturated rings. The van der Waals surface area contributed by atoms with E-state index in [9.17, 15) is 14.4 Å². The summed E-state index contributed by atoms with van der Waals surface area (Å²) in [4.78, 5) is 39.2. The number of methoxy groups -OCH3 is 2. The molecule has 3 amide bonds. The van der Waals surface area contributed by atoms with Crippen LogP contribution in [0.2, 0.25) is 0 Å². The molecule has 0 saturated heterocycles. The van der Waals surface area contributed by atoms with Gasteiger partial charge in [0.25, 0.3) is 17.7 Å².